The summed E-state index contributed by atoms with van der Waals surface area (Å²) in [5, 5.41) is 3.06. The molecular formula is C29H33N3O2. The first-order chi connectivity index (χ1) is 16.6. The van der Waals surface area contributed by atoms with Crippen LogP contribution in [-0.2, 0) is 24.3 Å². The van der Waals surface area contributed by atoms with Crippen molar-refractivity contribution in [3.8, 4) is 5.75 Å². The lowest BCUT2D eigenvalue weighted by atomic mass is 10.1. The quantitative estimate of drug-likeness (QED) is 0.293. The summed E-state index contributed by atoms with van der Waals surface area (Å²) in [5.74, 6) is 1.90. The number of carbonyl (C=O) groups excluding carboxylic acids is 1. The Balaban J connectivity index is 1.31. The summed E-state index contributed by atoms with van der Waals surface area (Å²) < 4.78 is 8.24. The molecule has 3 aromatic carbocycles. The number of nitrogens with zero attached hydrogens (tertiary/aromatic N) is 2. The highest BCUT2D eigenvalue weighted by Gasteiger charge is 2.12. The molecule has 0 aliphatic carbocycles. The van der Waals surface area contributed by atoms with Gasteiger partial charge in [0.1, 0.15) is 11.6 Å². The fraction of sp³-hybridized carbons (Fsp3) is 0.310. The molecule has 4 aromatic rings. The molecule has 1 heterocycles. The zero-order valence-electron chi connectivity index (χ0n) is 20.1. The zero-order chi connectivity index (χ0) is 23.8. The third kappa shape index (κ3) is 6.04. The van der Waals surface area contributed by atoms with Crippen molar-refractivity contribution in [2.45, 2.75) is 52.6 Å². The van der Waals surface area contributed by atoms with E-state index in [1.165, 1.54) is 16.7 Å². The van der Waals surface area contributed by atoms with Gasteiger partial charge in [-0.1, -0.05) is 54.6 Å². The average Bonchev–Trinajstić information content (AvgIpc) is 3.22. The number of benzene rings is 3. The molecule has 0 saturated heterocycles. The number of aromatic nitrogens is 2. The molecule has 5 heteroatoms. The van der Waals surface area contributed by atoms with Gasteiger partial charge < -0.3 is 14.6 Å². The first-order valence-corrected chi connectivity index (χ1v) is 12.1. The summed E-state index contributed by atoms with van der Waals surface area (Å²) in [6.45, 7) is 6.16. The Morgan fingerprint density at radius 1 is 0.941 bits per heavy atom. The van der Waals surface area contributed by atoms with Crippen LogP contribution in [0, 0.1) is 13.8 Å². The maximum atomic E-state index is 12.4. The van der Waals surface area contributed by atoms with Crippen molar-refractivity contribution in [1.82, 2.24) is 14.9 Å². The fourth-order valence-corrected chi connectivity index (χ4v) is 4.11. The molecule has 5 nitrogen and oxygen atoms in total. The largest absolute Gasteiger partial charge is 0.493 e. The number of amides is 1. The van der Waals surface area contributed by atoms with Crippen LogP contribution in [0.4, 0.5) is 0 Å². The highest BCUT2D eigenvalue weighted by atomic mass is 16.5. The van der Waals surface area contributed by atoms with Gasteiger partial charge in [0.2, 0.25) is 5.91 Å². The number of ether oxygens (including phenoxy) is 1. The number of nitrogens with one attached hydrogen (secondary N) is 1. The number of carbonyl (C=O) groups is 1. The Morgan fingerprint density at radius 3 is 2.59 bits per heavy atom. The van der Waals surface area contributed by atoms with Crippen LogP contribution in [0.3, 0.4) is 0 Å². The number of unbranched alkanes of at least 4 members (excludes halogenated alkanes) is 1. The first-order valence-electron chi connectivity index (χ1n) is 12.1. The van der Waals surface area contributed by atoms with Gasteiger partial charge in [0, 0.05) is 13.0 Å². The second-order valence-electron chi connectivity index (χ2n) is 8.68. The summed E-state index contributed by atoms with van der Waals surface area (Å²) in [7, 11) is 0. The molecule has 0 fully saturated rings. The standard InChI is InChI=1S/C29H33N3O2/c1-22-11-10-16-27(23(22)2)34-20-9-8-19-32-26-15-7-6-14-25(26)31-28(32)21-30-29(33)18-17-24-12-4-3-5-13-24/h3-7,10-16H,8-9,17-21H2,1-2H3,(H,30,33). The van der Waals surface area contributed by atoms with Crippen LogP contribution >= 0.6 is 0 Å². The summed E-state index contributed by atoms with van der Waals surface area (Å²) >= 11 is 0. The number of fused-ring (bicyclic) bond motifs is 1. The van der Waals surface area contributed by atoms with Crippen LogP contribution < -0.4 is 10.1 Å². The number of imidazole rings is 1. The topological polar surface area (TPSA) is 56.1 Å². The first kappa shape index (κ1) is 23.6. The number of aryl methyl sites for hydroxylation is 3. The molecule has 0 unspecified atom stereocenters. The van der Waals surface area contributed by atoms with Gasteiger partial charge in [-0.15, -0.1) is 0 Å². The predicted molar refractivity (Wildman–Crippen MR) is 137 cm³/mol. The SMILES string of the molecule is Cc1cccc(OCCCCn2c(CNC(=O)CCc3ccccc3)nc3ccccc32)c1C. The number of hydrogen-bond donors (Lipinski definition) is 1. The number of hydrogen-bond acceptors (Lipinski definition) is 3. The van der Waals surface area contributed by atoms with Gasteiger partial charge in [-0.3, -0.25) is 4.79 Å². The maximum Gasteiger partial charge on any atom is 0.220 e. The van der Waals surface area contributed by atoms with Gasteiger partial charge >= 0.3 is 0 Å². The van der Waals surface area contributed by atoms with Crippen molar-refractivity contribution >= 4 is 16.9 Å². The molecule has 1 aromatic heterocycles. The zero-order valence-corrected chi connectivity index (χ0v) is 20.1. The molecule has 1 N–H and O–H groups in total. The van der Waals surface area contributed by atoms with Gasteiger partial charge in [-0.2, -0.15) is 0 Å². The van der Waals surface area contributed by atoms with E-state index in [0.29, 0.717) is 19.6 Å². The predicted octanol–water partition coefficient (Wildman–Crippen LogP) is 5.76. The van der Waals surface area contributed by atoms with Crippen molar-refractivity contribution in [2.24, 2.45) is 0 Å². The molecule has 0 atom stereocenters. The molecule has 1 amide bonds. The Hall–Kier alpha value is -3.60. The molecule has 0 saturated carbocycles. The van der Waals surface area contributed by atoms with Crippen molar-refractivity contribution in [3.63, 3.8) is 0 Å². The van der Waals surface area contributed by atoms with E-state index in [1.54, 1.807) is 0 Å². The second-order valence-corrected chi connectivity index (χ2v) is 8.68. The van der Waals surface area contributed by atoms with Crippen LogP contribution in [0.1, 0.15) is 41.8 Å². The molecular weight excluding hydrogens is 422 g/mol. The Labute approximate surface area is 201 Å². The normalized spacial score (nSPS) is 11.0. The highest BCUT2D eigenvalue weighted by molar-refractivity contribution is 5.77. The molecule has 0 bridgehead atoms. The van der Waals surface area contributed by atoms with Gasteiger partial charge in [0.25, 0.3) is 0 Å². The van der Waals surface area contributed by atoms with Gasteiger partial charge in [0.15, 0.2) is 0 Å². The smallest absolute Gasteiger partial charge is 0.220 e. The lowest BCUT2D eigenvalue weighted by Crippen LogP contribution is -2.25. The molecule has 0 radical (unpaired) electrons. The fourth-order valence-electron chi connectivity index (χ4n) is 4.11. The summed E-state index contributed by atoms with van der Waals surface area (Å²) in [6, 6.07) is 24.4. The van der Waals surface area contributed by atoms with E-state index in [4.69, 9.17) is 9.72 Å². The molecule has 34 heavy (non-hydrogen) atoms. The number of para-hydroxylation sites is 2. The van der Waals surface area contributed by atoms with E-state index in [2.05, 4.69) is 48.0 Å². The van der Waals surface area contributed by atoms with E-state index in [9.17, 15) is 4.79 Å². The lowest BCUT2D eigenvalue weighted by molar-refractivity contribution is -0.121. The van der Waals surface area contributed by atoms with Crippen molar-refractivity contribution < 1.29 is 9.53 Å². The van der Waals surface area contributed by atoms with Crippen LogP contribution in [0.2, 0.25) is 0 Å². The third-order valence-electron chi connectivity index (χ3n) is 6.25. The lowest BCUT2D eigenvalue weighted by Gasteiger charge is -2.12. The van der Waals surface area contributed by atoms with E-state index in [-0.39, 0.29) is 5.91 Å². The molecule has 176 valence electrons. The van der Waals surface area contributed by atoms with E-state index < -0.39 is 0 Å². The molecule has 0 aliphatic rings. The third-order valence-corrected chi connectivity index (χ3v) is 6.25. The molecule has 0 aliphatic heterocycles. The number of rotatable bonds is 11. The van der Waals surface area contributed by atoms with Crippen molar-refractivity contribution in [2.75, 3.05) is 6.61 Å². The van der Waals surface area contributed by atoms with Crippen molar-refractivity contribution in [1.29, 1.82) is 0 Å². The second kappa shape index (κ2) is 11.5. The van der Waals surface area contributed by atoms with Crippen molar-refractivity contribution in [3.05, 3.63) is 95.3 Å². The van der Waals surface area contributed by atoms with E-state index in [0.717, 1.165) is 48.4 Å². The Bertz CT molecular complexity index is 1230. The maximum absolute atomic E-state index is 12.4. The van der Waals surface area contributed by atoms with Gasteiger partial charge in [0.05, 0.1) is 24.2 Å². The van der Waals surface area contributed by atoms with Gasteiger partial charge in [-0.25, -0.2) is 4.98 Å². The minimum absolute atomic E-state index is 0.0457. The van der Waals surface area contributed by atoms with Crippen LogP contribution in [0.25, 0.3) is 11.0 Å². The molecule has 4 rings (SSSR count). The summed E-state index contributed by atoms with van der Waals surface area (Å²) in [4.78, 5) is 17.2. The van der Waals surface area contributed by atoms with Gasteiger partial charge in [-0.05, 0) is 68.0 Å². The highest BCUT2D eigenvalue weighted by Crippen LogP contribution is 2.21. The van der Waals surface area contributed by atoms with Crippen LogP contribution in [-0.4, -0.2) is 22.1 Å². The Morgan fingerprint density at radius 2 is 1.74 bits per heavy atom. The summed E-state index contributed by atoms with van der Waals surface area (Å²) in [5.41, 5.74) is 5.69. The minimum atomic E-state index is 0.0457. The minimum Gasteiger partial charge on any atom is -0.493 e. The van der Waals surface area contributed by atoms with Crippen LogP contribution in [0.5, 0.6) is 5.75 Å². The van der Waals surface area contributed by atoms with E-state index in [1.807, 2.05) is 48.5 Å². The average molecular weight is 456 g/mol. The van der Waals surface area contributed by atoms with Crippen LogP contribution in [0.15, 0.2) is 72.8 Å². The van der Waals surface area contributed by atoms with E-state index >= 15 is 0 Å². The monoisotopic (exact) mass is 455 g/mol. The Kier molecular flexibility index (Phi) is 7.97. The molecule has 0 spiro atoms. The summed E-state index contributed by atoms with van der Waals surface area (Å²) in [6.07, 6.45) is 3.13.